The molecular weight excluding hydrogens is 415 g/mol. The molecule has 1 unspecified atom stereocenters. The summed E-state index contributed by atoms with van der Waals surface area (Å²) >= 11 is 1.47. The van der Waals surface area contributed by atoms with Crippen LogP contribution in [0, 0.1) is 0 Å². The number of hydrogen-bond acceptors (Lipinski definition) is 5. The van der Waals surface area contributed by atoms with Gasteiger partial charge in [-0.15, -0.1) is 36.2 Å². The van der Waals surface area contributed by atoms with E-state index in [1.807, 2.05) is 16.3 Å². The Hall–Kier alpha value is -1.18. The Balaban J connectivity index is 0.00000196. The van der Waals surface area contributed by atoms with E-state index in [0.717, 1.165) is 50.4 Å². The lowest BCUT2D eigenvalue weighted by molar-refractivity contribution is 0.0529. The molecule has 1 atom stereocenters. The number of nitrogens with two attached hydrogens (primary N) is 1. The summed E-state index contributed by atoms with van der Waals surface area (Å²) in [6.07, 6.45) is 3.13. The van der Waals surface area contributed by atoms with Crippen molar-refractivity contribution in [2.24, 2.45) is 5.73 Å². The first kappa shape index (κ1) is 24.9. The van der Waals surface area contributed by atoms with Crippen LogP contribution in [0.25, 0.3) is 0 Å². The molecule has 8 heteroatoms. The van der Waals surface area contributed by atoms with Crippen molar-refractivity contribution in [3.05, 3.63) is 52.0 Å². The van der Waals surface area contributed by atoms with E-state index in [0.29, 0.717) is 12.2 Å². The smallest absolute Gasteiger partial charge is 0.273 e. The van der Waals surface area contributed by atoms with Crippen LogP contribution < -0.4 is 5.73 Å². The third-order valence-electron chi connectivity index (χ3n) is 4.84. The van der Waals surface area contributed by atoms with Crippen molar-refractivity contribution >= 4 is 42.1 Å². The Morgan fingerprint density at radius 3 is 2.71 bits per heavy atom. The second kappa shape index (κ2) is 12.4. The molecule has 1 aliphatic heterocycles. The molecule has 156 valence electrons. The first-order valence-corrected chi connectivity index (χ1v) is 10.3. The van der Waals surface area contributed by atoms with Crippen molar-refractivity contribution in [2.45, 2.75) is 45.3 Å². The molecule has 1 fully saturated rings. The standard InChI is InChI=1S/C20H28N4OS.2ClH/c1-2-10-24(20(25)18-15-26-19(12-21)22-18)17-9-6-11-23(14-17)13-16-7-4-3-5-8-16;;/h3-5,7-8,15,17H,2,6,9-14,21H2,1H3;2*1H. The number of halogens is 2. The molecule has 0 spiro atoms. The molecule has 1 aromatic heterocycles. The minimum absolute atomic E-state index is 0. The van der Waals surface area contributed by atoms with Gasteiger partial charge in [-0.2, -0.15) is 0 Å². The SMILES string of the molecule is CCCN(C(=O)c1csc(CN)n1)C1CCCN(Cc2ccccc2)C1.Cl.Cl. The molecule has 5 nitrogen and oxygen atoms in total. The zero-order valence-corrected chi connectivity index (χ0v) is 18.7. The normalized spacial score (nSPS) is 16.7. The monoisotopic (exact) mass is 444 g/mol. The fourth-order valence-electron chi connectivity index (χ4n) is 3.61. The molecule has 1 aromatic carbocycles. The number of thiazole rings is 1. The Kier molecular flexibility index (Phi) is 11.0. The summed E-state index contributed by atoms with van der Waals surface area (Å²) < 4.78 is 0. The van der Waals surface area contributed by atoms with Crippen LogP contribution >= 0.6 is 36.2 Å². The molecule has 1 amide bonds. The van der Waals surface area contributed by atoms with Gasteiger partial charge in [-0.3, -0.25) is 9.69 Å². The van der Waals surface area contributed by atoms with Gasteiger partial charge in [0, 0.05) is 37.6 Å². The van der Waals surface area contributed by atoms with Gasteiger partial charge in [-0.05, 0) is 31.4 Å². The van der Waals surface area contributed by atoms with Crippen LogP contribution in [0.1, 0.15) is 47.2 Å². The van der Waals surface area contributed by atoms with E-state index in [1.165, 1.54) is 16.9 Å². The van der Waals surface area contributed by atoms with E-state index in [9.17, 15) is 4.79 Å². The summed E-state index contributed by atoms with van der Waals surface area (Å²) in [4.78, 5) is 21.9. The molecular formula is C20H30Cl2N4OS. The average Bonchev–Trinajstić information content (AvgIpc) is 3.16. The van der Waals surface area contributed by atoms with Crippen LogP contribution in [0.4, 0.5) is 0 Å². The van der Waals surface area contributed by atoms with Crippen molar-refractivity contribution in [1.29, 1.82) is 0 Å². The van der Waals surface area contributed by atoms with Gasteiger partial charge in [-0.25, -0.2) is 4.98 Å². The Bertz CT molecular complexity index is 713. The van der Waals surface area contributed by atoms with Gasteiger partial charge < -0.3 is 10.6 Å². The molecule has 1 aliphatic rings. The van der Waals surface area contributed by atoms with E-state index >= 15 is 0 Å². The van der Waals surface area contributed by atoms with Crippen molar-refractivity contribution in [2.75, 3.05) is 19.6 Å². The van der Waals surface area contributed by atoms with Crippen LogP contribution in [0.2, 0.25) is 0 Å². The number of carbonyl (C=O) groups is 1. The van der Waals surface area contributed by atoms with Crippen molar-refractivity contribution in [3.8, 4) is 0 Å². The lowest BCUT2D eigenvalue weighted by atomic mass is 10.0. The Morgan fingerprint density at radius 1 is 1.32 bits per heavy atom. The molecule has 0 bridgehead atoms. The average molecular weight is 445 g/mol. The number of aromatic nitrogens is 1. The third kappa shape index (κ3) is 6.42. The number of rotatable bonds is 7. The number of hydrogen-bond donors (Lipinski definition) is 1. The molecule has 0 saturated carbocycles. The summed E-state index contributed by atoms with van der Waals surface area (Å²) in [7, 11) is 0. The lowest BCUT2D eigenvalue weighted by Gasteiger charge is -2.39. The second-order valence-corrected chi connectivity index (χ2v) is 7.79. The molecule has 1 saturated heterocycles. The number of piperidine rings is 1. The maximum atomic E-state index is 13.0. The van der Waals surface area contributed by atoms with Crippen LogP contribution in [-0.4, -0.2) is 46.4 Å². The first-order chi connectivity index (χ1) is 12.7. The van der Waals surface area contributed by atoms with Crippen LogP contribution in [-0.2, 0) is 13.1 Å². The van der Waals surface area contributed by atoms with Gasteiger partial charge in [0.15, 0.2) is 0 Å². The summed E-state index contributed by atoms with van der Waals surface area (Å²) in [5.74, 6) is 0.0503. The zero-order chi connectivity index (χ0) is 18.4. The number of amides is 1. The van der Waals surface area contributed by atoms with Gasteiger partial charge in [0.1, 0.15) is 10.7 Å². The summed E-state index contributed by atoms with van der Waals surface area (Å²) in [5, 5.41) is 2.66. The summed E-state index contributed by atoms with van der Waals surface area (Å²) in [5.41, 5.74) is 7.52. The fraction of sp³-hybridized carbons (Fsp3) is 0.500. The Labute approximate surface area is 184 Å². The van der Waals surface area contributed by atoms with Crippen LogP contribution in [0.3, 0.4) is 0 Å². The minimum Gasteiger partial charge on any atom is -0.333 e. The highest BCUT2D eigenvalue weighted by Crippen LogP contribution is 2.21. The van der Waals surface area contributed by atoms with Crippen molar-refractivity contribution in [1.82, 2.24) is 14.8 Å². The maximum Gasteiger partial charge on any atom is 0.273 e. The van der Waals surface area contributed by atoms with E-state index in [2.05, 4.69) is 41.1 Å². The molecule has 0 radical (unpaired) electrons. The maximum absolute atomic E-state index is 13.0. The van der Waals surface area contributed by atoms with Gasteiger partial charge in [0.05, 0.1) is 0 Å². The number of carbonyl (C=O) groups excluding carboxylic acids is 1. The molecule has 2 heterocycles. The van der Waals surface area contributed by atoms with Crippen LogP contribution in [0.15, 0.2) is 35.7 Å². The second-order valence-electron chi connectivity index (χ2n) is 6.85. The molecule has 3 rings (SSSR count). The van der Waals surface area contributed by atoms with Gasteiger partial charge in [-0.1, -0.05) is 37.3 Å². The zero-order valence-electron chi connectivity index (χ0n) is 16.3. The number of benzene rings is 1. The first-order valence-electron chi connectivity index (χ1n) is 9.43. The summed E-state index contributed by atoms with van der Waals surface area (Å²) in [6, 6.07) is 10.8. The van der Waals surface area contributed by atoms with Crippen molar-refractivity contribution < 1.29 is 4.79 Å². The largest absolute Gasteiger partial charge is 0.333 e. The van der Waals surface area contributed by atoms with E-state index in [4.69, 9.17) is 5.73 Å². The van der Waals surface area contributed by atoms with Crippen LogP contribution in [0.5, 0.6) is 0 Å². The highest BCUT2D eigenvalue weighted by molar-refractivity contribution is 7.09. The van der Waals surface area contributed by atoms with Gasteiger partial charge in [0.2, 0.25) is 0 Å². The van der Waals surface area contributed by atoms with E-state index in [-0.39, 0.29) is 36.8 Å². The fourth-order valence-corrected chi connectivity index (χ4v) is 4.26. The lowest BCUT2D eigenvalue weighted by Crippen LogP contribution is -2.50. The summed E-state index contributed by atoms with van der Waals surface area (Å²) in [6.45, 7) is 6.25. The molecule has 2 N–H and O–H groups in total. The topological polar surface area (TPSA) is 62.5 Å². The number of nitrogens with zero attached hydrogens (tertiary/aromatic N) is 3. The quantitative estimate of drug-likeness (QED) is 0.701. The molecule has 0 aliphatic carbocycles. The predicted octanol–water partition coefficient (Wildman–Crippen LogP) is 3.96. The molecule has 2 aromatic rings. The van der Waals surface area contributed by atoms with Gasteiger partial charge >= 0.3 is 0 Å². The van der Waals surface area contributed by atoms with E-state index in [1.54, 1.807) is 0 Å². The Morgan fingerprint density at radius 2 is 2.07 bits per heavy atom. The highest BCUT2D eigenvalue weighted by Gasteiger charge is 2.29. The highest BCUT2D eigenvalue weighted by atomic mass is 35.5. The third-order valence-corrected chi connectivity index (χ3v) is 5.71. The van der Waals surface area contributed by atoms with Gasteiger partial charge in [0.25, 0.3) is 5.91 Å². The number of likely N-dealkylation sites (tertiary alicyclic amines) is 1. The van der Waals surface area contributed by atoms with E-state index < -0.39 is 0 Å². The minimum atomic E-state index is 0. The predicted molar refractivity (Wildman–Crippen MR) is 121 cm³/mol. The van der Waals surface area contributed by atoms with Crippen molar-refractivity contribution in [3.63, 3.8) is 0 Å². The molecule has 28 heavy (non-hydrogen) atoms.